The van der Waals surface area contributed by atoms with Crippen molar-refractivity contribution < 1.29 is 9.53 Å². The van der Waals surface area contributed by atoms with Crippen LogP contribution in [-0.4, -0.2) is 68.2 Å². The molecule has 0 saturated carbocycles. The molecule has 2 N–H and O–H groups in total. The lowest BCUT2D eigenvalue weighted by atomic mass is 10.1. The molecule has 1 aromatic rings. The number of carbonyl (C=O) groups excluding carboxylic acids is 1. The van der Waals surface area contributed by atoms with Gasteiger partial charge in [0.1, 0.15) is 0 Å². The first-order valence-corrected chi connectivity index (χ1v) is 9.22. The highest BCUT2D eigenvalue weighted by atomic mass is 16.5. The van der Waals surface area contributed by atoms with Crippen LogP contribution in [0.3, 0.4) is 0 Å². The number of carbonyl (C=O) groups is 1. The molecule has 2 fully saturated rings. The largest absolute Gasteiger partial charge is 0.383 e. The van der Waals surface area contributed by atoms with Crippen molar-refractivity contribution in [2.45, 2.75) is 37.9 Å². The van der Waals surface area contributed by atoms with Gasteiger partial charge in [-0.3, -0.25) is 20.5 Å². The Kier molecular flexibility index (Phi) is 6.42. The summed E-state index contributed by atoms with van der Waals surface area (Å²) >= 11 is 0. The molecular weight excluding hydrogens is 316 g/mol. The van der Waals surface area contributed by atoms with Gasteiger partial charge in [-0.05, 0) is 50.0 Å². The molecule has 0 aromatic heterocycles. The van der Waals surface area contributed by atoms with Gasteiger partial charge in [0, 0.05) is 44.9 Å². The molecule has 2 aliphatic heterocycles. The second-order valence-electron chi connectivity index (χ2n) is 7.24. The van der Waals surface area contributed by atoms with E-state index in [1.54, 1.807) is 12.0 Å². The minimum absolute atomic E-state index is 0.0738. The summed E-state index contributed by atoms with van der Waals surface area (Å²) in [6.45, 7) is 4.73. The summed E-state index contributed by atoms with van der Waals surface area (Å²) < 4.78 is 5.17. The maximum absolute atomic E-state index is 12.6. The van der Waals surface area contributed by atoms with Crippen LogP contribution in [0.5, 0.6) is 0 Å². The van der Waals surface area contributed by atoms with Crippen molar-refractivity contribution in [2.75, 3.05) is 40.4 Å². The van der Waals surface area contributed by atoms with Crippen LogP contribution in [0.15, 0.2) is 24.3 Å². The van der Waals surface area contributed by atoms with Crippen LogP contribution in [-0.2, 0) is 11.3 Å². The van der Waals surface area contributed by atoms with Crippen LogP contribution in [0, 0.1) is 0 Å². The van der Waals surface area contributed by atoms with Gasteiger partial charge in [0.05, 0.1) is 6.61 Å². The molecule has 0 radical (unpaired) electrons. The van der Waals surface area contributed by atoms with E-state index in [-0.39, 0.29) is 11.9 Å². The zero-order valence-corrected chi connectivity index (χ0v) is 15.3. The summed E-state index contributed by atoms with van der Waals surface area (Å²) in [6, 6.07) is 8.65. The van der Waals surface area contributed by atoms with E-state index >= 15 is 0 Å². The molecule has 2 aliphatic rings. The van der Waals surface area contributed by atoms with Crippen molar-refractivity contribution in [2.24, 2.45) is 0 Å². The Labute approximate surface area is 150 Å². The Morgan fingerprint density at radius 2 is 1.88 bits per heavy atom. The first-order valence-electron chi connectivity index (χ1n) is 9.22. The number of hydrazine groups is 1. The maximum Gasteiger partial charge on any atom is 0.253 e. The Morgan fingerprint density at radius 1 is 1.20 bits per heavy atom. The van der Waals surface area contributed by atoms with Gasteiger partial charge < -0.3 is 9.64 Å². The predicted molar refractivity (Wildman–Crippen MR) is 98.3 cm³/mol. The minimum Gasteiger partial charge on any atom is -0.383 e. The molecule has 25 heavy (non-hydrogen) atoms. The summed E-state index contributed by atoms with van der Waals surface area (Å²) in [5.41, 5.74) is 8.50. The summed E-state index contributed by atoms with van der Waals surface area (Å²) in [7, 11) is 3.57. The number of nitrogens with zero attached hydrogens (tertiary/aromatic N) is 2. The molecule has 0 bridgehead atoms. The highest BCUT2D eigenvalue weighted by Crippen LogP contribution is 2.14. The zero-order valence-electron chi connectivity index (χ0n) is 15.3. The number of ether oxygens (including phenoxy) is 1. The maximum atomic E-state index is 12.6. The fourth-order valence-electron chi connectivity index (χ4n) is 3.71. The number of hydrogen-bond acceptors (Lipinski definition) is 5. The predicted octanol–water partition coefficient (Wildman–Crippen LogP) is 1.24. The quantitative estimate of drug-likeness (QED) is 0.778. The summed E-state index contributed by atoms with van der Waals surface area (Å²) in [5.74, 6) is 0.0738. The second-order valence-corrected chi connectivity index (χ2v) is 7.24. The van der Waals surface area contributed by atoms with Crippen molar-refractivity contribution >= 4 is 5.91 Å². The third-order valence-corrected chi connectivity index (χ3v) is 5.08. The molecule has 0 spiro atoms. The third kappa shape index (κ3) is 5.01. The van der Waals surface area contributed by atoms with Crippen LogP contribution in [0.4, 0.5) is 0 Å². The number of methoxy groups -OCH3 is 1. The average molecular weight is 346 g/mol. The molecule has 3 rings (SSSR count). The summed E-state index contributed by atoms with van der Waals surface area (Å²) in [6.07, 6.45) is 3.56. The molecule has 1 amide bonds. The lowest BCUT2D eigenvalue weighted by Crippen LogP contribution is -2.41. The van der Waals surface area contributed by atoms with Crippen LogP contribution in [0.2, 0.25) is 0 Å². The van der Waals surface area contributed by atoms with Crippen LogP contribution in [0.1, 0.15) is 35.2 Å². The SMILES string of the molecule is COCC1CC(CN(C)C(=O)c2ccc(CN3CCCC3)cc2)NN1. The van der Waals surface area contributed by atoms with Crippen molar-refractivity contribution in [3.8, 4) is 0 Å². The molecule has 2 saturated heterocycles. The zero-order chi connectivity index (χ0) is 17.6. The van der Waals surface area contributed by atoms with E-state index in [4.69, 9.17) is 4.74 Å². The summed E-state index contributed by atoms with van der Waals surface area (Å²) in [4.78, 5) is 16.9. The highest BCUT2D eigenvalue weighted by molar-refractivity contribution is 5.94. The number of rotatable bonds is 7. The molecule has 2 unspecified atom stereocenters. The number of likely N-dealkylation sites (N-methyl/N-ethyl adjacent to an activating group) is 1. The summed E-state index contributed by atoms with van der Waals surface area (Å²) in [5, 5.41) is 0. The molecule has 6 heteroatoms. The van der Waals surface area contributed by atoms with E-state index in [0.29, 0.717) is 19.2 Å². The third-order valence-electron chi connectivity index (χ3n) is 5.08. The van der Waals surface area contributed by atoms with Crippen LogP contribution < -0.4 is 10.9 Å². The minimum atomic E-state index is 0.0738. The number of hydrogen-bond donors (Lipinski definition) is 2. The normalized spacial score (nSPS) is 23.9. The molecule has 0 aliphatic carbocycles. The number of likely N-dealkylation sites (tertiary alicyclic amines) is 1. The van der Waals surface area contributed by atoms with Gasteiger partial charge in [-0.2, -0.15) is 0 Å². The molecule has 2 atom stereocenters. The van der Waals surface area contributed by atoms with Crippen molar-refractivity contribution in [3.05, 3.63) is 35.4 Å². The van der Waals surface area contributed by atoms with E-state index in [1.807, 2.05) is 19.2 Å². The van der Waals surface area contributed by atoms with Crippen LogP contribution >= 0.6 is 0 Å². The van der Waals surface area contributed by atoms with Gasteiger partial charge in [-0.15, -0.1) is 0 Å². The highest BCUT2D eigenvalue weighted by Gasteiger charge is 2.26. The molecule has 138 valence electrons. The van der Waals surface area contributed by atoms with Crippen LogP contribution in [0.25, 0.3) is 0 Å². The fourth-order valence-corrected chi connectivity index (χ4v) is 3.71. The number of amides is 1. The first kappa shape index (κ1) is 18.3. The van der Waals surface area contributed by atoms with E-state index in [1.165, 1.54) is 31.5 Å². The average Bonchev–Trinajstić information content (AvgIpc) is 3.27. The van der Waals surface area contributed by atoms with E-state index in [2.05, 4.69) is 27.9 Å². The second kappa shape index (κ2) is 8.76. The van der Waals surface area contributed by atoms with Gasteiger partial charge >= 0.3 is 0 Å². The van der Waals surface area contributed by atoms with Crippen molar-refractivity contribution in [3.63, 3.8) is 0 Å². The molecule has 2 heterocycles. The Hall–Kier alpha value is -1.47. The monoisotopic (exact) mass is 346 g/mol. The molecule has 6 nitrogen and oxygen atoms in total. The van der Waals surface area contributed by atoms with E-state index in [0.717, 1.165) is 18.5 Å². The van der Waals surface area contributed by atoms with Gasteiger partial charge in [0.15, 0.2) is 0 Å². The van der Waals surface area contributed by atoms with Gasteiger partial charge in [-0.25, -0.2) is 0 Å². The Morgan fingerprint density at radius 3 is 2.56 bits per heavy atom. The van der Waals surface area contributed by atoms with Gasteiger partial charge in [0.2, 0.25) is 0 Å². The molecule has 1 aromatic carbocycles. The smallest absolute Gasteiger partial charge is 0.253 e. The topological polar surface area (TPSA) is 56.8 Å². The van der Waals surface area contributed by atoms with Gasteiger partial charge in [0.25, 0.3) is 5.91 Å². The van der Waals surface area contributed by atoms with Crippen molar-refractivity contribution in [1.29, 1.82) is 0 Å². The first-order chi connectivity index (χ1) is 12.2. The molecular formula is C19H30N4O2. The Balaban J connectivity index is 1.49. The standard InChI is InChI=1S/C19H30N4O2/c1-22(13-17-11-18(14-25-2)21-20-17)19(24)16-7-5-15(6-8-16)12-23-9-3-4-10-23/h5-8,17-18,20-21H,3-4,9-14H2,1-2H3. The van der Waals surface area contributed by atoms with Crippen molar-refractivity contribution in [1.82, 2.24) is 20.7 Å². The number of nitrogens with one attached hydrogen (secondary N) is 2. The number of benzene rings is 1. The fraction of sp³-hybridized carbons (Fsp3) is 0.632. The van der Waals surface area contributed by atoms with Gasteiger partial charge in [-0.1, -0.05) is 12.1 Å². The van der Waals surface area contributed by atoms with E-state index in [9.17, 15) is 4.79 Å². The Bertz CT molecular complexity index is 557. The lowest BCUT2D eigenvalue weighted by Gasteiger charge is -2.21. The lowest BCUT2D eigenvalue weighted by molar-refractivity contribution is 0.0782. The van der Waals surface area contributed by atoms with E-state index < -0.39 is 0 Å².